The summed E-state index contributed by atoms with van der Waals surface area (Å²) in [5, 5.41) is 0. The van der Waals surface area contributed by atoms with E-state index < -0.39 is 14.9 Å². The second-order valence-electron chi connectivity index (χ2n) is 3.99. The number of rotatable bonds is 4. The van der Waals surface area contributed by atoms with E-state index in [0.29, 0.717) is 34.2 Å². The SMILES string of the molecule is COc1ccc(NS(=O)(=O)c2sc(=O)[nH]c2C)cc1N. The lowest BCUT2D eigenvalue weighted by Crippen LogP contribution is -2.13. The van der Waals surface area contributed by atoms with E-state index in [2.05, 4.69) is 9.71 Å². The first-order valence-electron chi connectivity index (χ1n) is 5.49. The minimum Gasteiger partial charge on any atom is -0.495 e. The summed E-state index contributed by atoms with van der Waals surface area (Å²) in [7, 11) is -2.35. The van der Waals surface area contributed by atoms with Gasteiger partial charge in [0.25, 0.3) is 10.0 Å². The molecule has 1 aromatic heterocycles. The van der Waals surface area contributed by atoms with E-state index in [4.69, 9.17) is 10.5 Å². The summed E-state index contributed by atoms with van der Waals surface area (Å²) in [6, 6.07) is 4.53. The highest BCUT2D eigenvalue weighted by atomic mass is 32.2. The van der Waals surface area contributed by atoms with Crippen molar-refractivity contribution < 1.29 is 13.2 Å². The minimum atomic E-state index is -3.82. The Morgan fingerprint density at radius 1 is 1.40 bits per heavy atom. The summed E-state index contributed by atoms with van der Waals surface area (Å²) in [6.07, 6.45) is 0. The molecule has 7 nitrogen and oxygen atoms in total. The number of aryl methyl sites for hydroxylation is 1. The van der Waals surface area contributed by atoms with Crippen molar-refractivity contribution in [3.63, 3.8) is 0 Å². The average Bonchev–Trinajstić information content (AvgIpc) is 2.69. The zero-order valence-electron chi connectivity index (χ0n) is 10.8. The highest BCUT2D eigenvalue weighted by Crippen LogP contribution is 2.27. The summed E-state index contributed by atoms with van der Waals surface area (Å²) >= 11 is 0.635. The summed E-state index contributed by atoms with van der Waals surface area (Å²) in [4.78, 5) is 13.2. The summed E-state index contributed by atoms with van der Waals surface area (Å²) in [5.41, 5.74) is 6.62. The van der Waals surface area contributed by atoms with Crippen LogP contribution >= 0.6 is 11.3 Å². The number of thiazole rings is 1. The van der Waals surface area contributed by atoms with Crippen LogP contribution in [0.4, 0.5) is 11.4 Å². The lowest BCUT2D eigenvalue weighted by Gasteiger charge is -2.09. The number of hydrogen-bond donors (Lipinski definition) is 3. The molecule has 0 bridgehead atoms. The Morgan fingerprint density at radius 3 is 2.60 bits per heavy atom. The number of hydrogen-bond acceptors (Lipinski definition) is 6. The largest absolute Gasteiger partial charge is 0.495 e. The summed E-state index contributed by atoms with van der Waals surface area (Å²) < 4.78 is 31.7. The van der Waals surface area contributed by atoms with Crippen molar-refractivity contribution in [2.45, 2.75) is 11.1 Å². The van der Waals surface area contributed by atoms with Crippen LogP contribution in [0.2, 0.25) is 0 Å². The summed E-state index contributed by atoms with van der Waals surface area (Å²) in [6.45, 7) is 1.52. The fourth-order valence-corrected chi connectivity index (χ4v) is 4.00. The van der Waals surface area contributed by atoms with E-state index in [9.17, 15) is 13.2 Å². The number of methoxy groups -OCH3 is 1. The average molecular weight is 315 g/mol. The molecule has 1 aromatic carbocycles. The normalized spacial score (nSPS) is 11.3. The second-order valence-corrected chi connectivity index (χ2v) is 6.85. The number of sulfonamides is 1. The van der Waals surface area contributed by atoms with Gasteiger partial charge in [0.1, 0.15) is 5.75 Å². The Balaban J connectivity index is 2.36. The molecule has 0 saturated carbocycles. The maximum absolute atomic E-state index is 12.2. The fourth-order valence-electron chi connectivity index (χ4n) is 1.65. The molecule has 2 aromatic rings. The van der Waals surface area contributed by atoms with Gasteiger partial charge in [-0.25, -0.2) is 8.42 Å². The lowest BCUT2D eigenvalue weighted by molar-refractivity contribution is 0.417. The van der Waals surface area contributed by atoms with Gasteiger partial charge >= 0.3 is 4.87 Å². The fraction of sp³-hybridized carbons (Fsp3) is 0.182. The molecule has 0 aliphatic heterocycles. The molecule has 0 fully saturated rings. The maximum atomic E-state index is 12.2. The Kier molecular flexibility index (Phi) is 3.73. The number of H-pyrrole nitrogens is 1. The third-order valence-corrected chi connectivity index (χ3v) is 5.49. The van der Waals surface area contributed by atoms with Crippen molar-refractivity contribution in [1.29, 1.82) is 0 Å². The molecule has 0 spiro atoms. The molecule has 0 amide bonds. The van der Waals surface area contributed by atoms with Crippen LogP contribution in [0.15, 0.2) is 27.2 Å². The molecule has 2 rings (SSSR count). The molecule has 108 valence electrons. The van der Waals surface area contributed by atoms with Crippen molar-refractivity contribution in [2.75, 3.05) is 17.6 Å². The Labute approximate surface area is 119 Å². The van der Waals surface area contributed by atoms with Crippen molar-refractivity contribution >= 4 is 32.7 Å². The Bertz CT molecular complexity index is 792. The van der Waals surface area contributed by atoms with Gasteiger partial charge in [-0.2, -0.15) is 0 Å². The standard InChI is InChI=1S/C11H13N3O4S2/c1-6-10(19-11(15)13-6)20(16,17)14-7-3-4-9(18-2)8(12)5-7/h3-5,14H,12H2,1-2H3,(H,13,15). The minimum absolute atomic E-state index is 0.0445. The molecule has 0 unspecified atom stereocenters. The van der Waals surface area contributed by atoms with Crippen molar-refractivity contribution in [3.05, 3.63) is 33.6 Å². The van der Waals surface area contributed by atoms with Crippen molar-refractivity contribution in [3.8, 4) is 5.75 Å². The molecule has 0 aliphatic rings. The van der Waals surface area contributed by atoms with Crippen LogP contribution in [0.5, 0.6) is 5.75 Å². The van der Waals surface area contributed by atoms with E-state index >= 15 is 0 Å². The van der Waals surface area contributed by atoms with Crippen LogP contribution in [-0.4, -0.2) is 20.5 Å². The van der Waals surface area contributed by atoms with Crippen LogP contribution < -0.4 is 20.1 Å². The van der Waals surface area contributed by atoms with E-state index in [1.807, 2.05) is 0 Å². The van der Waals surface area contributed by atoms with Crippen LogP contribution in [0, 0.1) is 6.92 Å². The van der Waals surface area contributed by atoms with Crippen LogP contribution in [0.1, 0.15) is 5.69 Å². The molecular weight excluding hydrogens is 302 g/mol. The molecule has 0 aliphatic carbocycles. The zero-order valence-corrected chi connectivity index (χ0v) is 12.4. The smallest absolute Gasteiger partial charge is 0.306 e. The number of nitrogens with two attached hydrogens (primary N) is 1. The van der Waals surface area contributed by atoms with Crippen LogP contribution in [0.3, 0.4) is 0 Å². The molecule has 20 heavy (non-hydrogen) atoms. The van der Waals surface area contributed by atoms with Crippen LogP contribution in [0.25, 0.3) is 0 Å². The van der Waals surface area contributed by atoms with E-state index in [0.717, 1.165) is 0 Å². The van der Waals surface area contributed by atoms with Crippen LogP contribution in [-0.2, 0) is 10.0 Å². The first kappa shape index (κ1) is 14.4. The predicted molar refractivity (Wildman–Crippen MR) is 77.9 cm³/mol. The van der Waals surface area contributed by atoms with Gasteiger partial charge in [0.05, 0.1) is 18.5 Å². The molecule has 9 heteroatoms. The highest BCUT2D eigenvalue weighted by Gasteiger charge is 2.20. The topological polar surface area (TPSA) is 114 Å². The molecule has 0 saturated heterocycles. The number of benzene rings is 1. The number of ether oxygens (including phenoxy) is 1. The number of aromatic nitrogens is 1. The van der Waals surface area contributed by atoms with Gasteiger partial charge in [-0.15, -0.1) is 0 Å². The third-order valence-electron chi connectivity index (χ3n) is 2.51. The number of anilines is 2. The molecule has 4 N–H and O–H groups in total. The Hall–Kier alpha value is -2.00. The molecule has 0 atom stereocenters. The van der Waals surface area contributed by atoms with Gasteiger partial charge in [-0.3, -0.25) is 9.52 Å². The van der Waals surface area contributed by atoms with Crippen molar-refractivity contribution in [1.82, 2.24) is 4.98 Å². The predicted octanol–water partition coefficient (Wildman–Crippen LogP) is 1.14. The van der Waals surface area contributed by atoms with E-state index in [-0.39, 0.29) is 4.21 Å². The number of nitrogen functional groups attached to an aromatic ring is 1. The molecule has 0 radical (unpaired) electrons. The zero-order chi connectivity index (χ0) is 14.9. The lowest BCUT2D eigenvalue weighted by atomic mass is 10.2. The first-order valence-corrected chi connectivity index (χ1v) is 7.79. The third kappa shape index (κ3) is 2.78. The highest BCUT2D eigenvalue weighted by molar-refractivity contribution is 7.94. The van der Waals surface area contributed by atoms with Gasteiger partial charge in [0, 0.05) is 5.69 Å². The van der Waals surface area contributed by atoms with Gasteiger partial charge < -0.3 is 15.5 Å². The van der Waals surface area contributed by atoms with Gasteiger partial charge in [0.2, 0.25) is 0 Å². The Morgan fingerprint density at radius 2 is 2.10 bits per heavy atom. The van der Waals surface area contributed by atoms with E-state index in [1.165, 1.54) is 26.2 Å². The number of aromatic amines is 1. The van der Waals surface area contributed by atoms with Gasteiger partial charge in [-0.1, -0.05) is 11.3 Å². The van der Waals surface area contributed by atoms with Crippen molar-refractivity contribution in [2.24, 2.45) is 0 Å². The second kappa shape index (κ2) is 5.17. The monoisotopic (exact) mass is 315 g/mol. The van der Waals surface area contributed by atoms with E-state index in [1.54, 1.807) is 6.07 Å². The van der Waals surface area contributed by atoms with Gasteiger partial charge in [0.15, 0.2) is 4.21 Å². The first-order chi connectivity index (χ1) is 9.33. The maximum Gasteiger partial charge on any atom is 0.306 e. The summed E-state index contributed by atoms with van der Waals surface area (Å²) in [5.74, 6) is 0.454. The quantitative estimate of drug-likeness (QED) is 0.732. The molecule has 1 heterocycles. The molecular formula is C11H13N3O4S2. The van der Waals surface area contributed by atoms with Gasteiger partial charge in [-0.05, 0) is 25.1 Å². The number of nitrogens with one attached hydrogen (secondary N) is 2.